The summed E-state index contributed by atoms with van der Waals surface area (Å²) >= 11 is 0. The molecular weight excluding hydrogens is 334 g/mol. The highest BCUT2D eigenvalue weighted by molar-refractivity contribution is 6.02. The van der Waals surface area contributed by atoms with Gasteiger partial charge in [0.05, 0.1) is 17.1 Å². The van der Waals surface area contributed by atoms with Gasteiger partial charge in [0.2, 0.25) is 5.91 Å². The zero-order chi connectivity index (χ0) is 19.3. The van der Waals surface area contributed by atoms with E-state index in [2.05, 4.69) is 80.2 Å². The molecule has 0 fully saturated rings. The minimum absolute atomic E-state index is 0.0546. The predicted molar refractivity (Wildman–Crippen MR) is 113 cm³/mol. The molecule has 3 aromatic rings. The molecule has 2 aromatic carbocycles. The van der Waals surface area contributed by atoms with Crippen LogP contribution in [0.2, 0.25) is 0 Å². The third kappa shape index (κ3) is 2.89. The van der Waals surface area contributed by atoms with Crippen LogP contribution < -0.4 is 10.6 Å². The third-order valence-corrected chi connectivity index (χ3v) is 5.27. The Kier molecular flexibility index (Phi) is 4.02. The molecule has 1 amide bonds. The van der Waals surface area contributed by atoms with E-state index < -0.39 is 0 Å². The highest BCUT2D eigenvalue weighted by atomic mass is 16.1. The second kappa shape index (κ2) is 6.15. The highest BCUT2D eigenvalue weighted by Gasteiger charge is 2.27. The van der Waals surface area contributed by atoms with E-state index in [0.717, 1.165) is 16.9 Å². The molecule has 27 heavy (non-hydrogen) atoms. The Morgan fingerprint density at radius 3 is 2.56 bits per heavy atom. The van der Waals surface area contributed by atoms with Gasteiger partial charge < -0.3 is 15.2 Å². The molecule has 0 radical (unpaired) electrons. The van der Waals surface area contributed by atoms with E-state index in [4.69, 9.17) is 0 Å². The van der Waals surface area contributed by atoms with E-state index >= 15 is 0 Å². The average Bonchev–Trinajstić information content (AvgIpc) is 2.80. The lowest BCUT2D eigenvalue weighted by atomic mass is 10.0. The predicted octanol–water partition coefficient (Wildman–Crippen LogP) is 5.51. The van der Waals surface area contributed by atoms with Crippen LogP contribution in [-0.2, 0) is 10.3 Å². The Hall–Kier alpha value is -2.75. The fourth-order valence-electron chi connectivity index (χ4n) is 4.21. The summed E-state index contributed by atoms with van der Waals surface area (Å²) in [7, 11) is 0. The summed E-state index contributed by atoms with van der Waals surface area (Å²) in [4.78, 5) is 12.2. The van der Waals surface area contributed by atoms with E-state index in [0.29, 0.717) is 6.42 Å². The Morgan fingerprint density at radius 1 is 1.07 bits per heavy atom. The maximum absolute atomic E-state index is 12.2. The standard InChI is InChI=1S/C23H27N3O/c1-14-13-20(27)25-18-11-8-10-17(21(18)24-14)22-15(2)16-9-6-7-12-19(16)26(22)23(3,4)5/h6-12,14,24H,13H2,1-5H3,(H,25,27)/t14-/m1/s1. The number of nitrogens with one attached hydrogen (secondary N) is 2. The molecule has 4 heteroatoms. The molecule has 0 saturated heterocycles. The van der Waals surface area contributed by atoms with E-state index in [1.807, 2.05) is 12.1 Å². The monoisotopic (exact) mass is 361 g/mol. The van der Waals surface area contributed by atoms with Crippen molar-refractivity contribution < 1.29 is 4.79 Å². The molecule has 0 unspecified atom stereocenters. The quantitative estimate of drug-likeness (QED) is 0.600. The summed E-state index contributed by atoms with van der Waals surface area (Å²) in [6.07, 6.45) is 0.468. The van der Waals surface area contributed by atoms with Gasteiger partial charge >= 0.3 is 0 Å². The van der Waals surface area contributed by atoms with Crippen molar-refractivity contribution in [2.24, 2.45) is 0 Å². The van der Waals surface area contributed by atoms with Crippen LogP contribution in [0.5, 0.6) is 0 Å². The highest BCUT2D eigenvalue weighted by Crippen LogP contribution is 2.43. The molecule has 0 spiro atoms. The van der Waals surface area contributed by atoms with Crippen molar-refractivity contribution in [1.82, 2.24) is 4.57 Å². The van der Waals surface area contributed by atoms with Crippen molar-refractivity contribution in [2.45, 2.75) is 52.6 Å². The number of para-hydroxylation sites is 2. The van der Waals surface area contributed by atoms with Gasteiger partial charge in [-0.2, -0.15) is 0 Å². The Labute approximate surface area is 160 Å². The van der Waals surface area contributed by atoms with Crippen molar-refractivity contribution in [3.8, 4) is 11.3 Å². The fourth-order valence-corrected chi connectivity index (χ4v) is 4.21. The molecule has 140 valence electrons. The van der Waals surface area contributed by atoms with Gasteiger partial charge in [0.15, 0.2) is 0 Å². The Bertz CT molecular complexity index is 1040. The van der Waals surface area contributed by atoms with Crippen LogP contribution in [0.3, 0.4) is 0 Å². The SMILES string of the molecule is Cc1c(-c2cccc3c2N[C@H](C)CC(=O)N3)n(C(C)(C)C)c2ccccc12. The Morgan fingerprint density at radius 2 is 1.81 bits per heavy atom. The van der Waals surface area contributed by atoms with Crippen molar-refractivity contribution in [1.29, 1.82) is 0 Å². The number of hydrogen-bond acceptors (Lipinski definition) is 2. The normalized spacial score (nSPS) is 17.2. The lowest BCUT2D eigenvalue weighted by molar-refractivity contribution is -0.116. The van der Waals surface area contributed by atoms with Gasteiger partial charge in [-0.05, 0) is 52.3 Å². The van der Waals surface area contributed by atoms with Gasteiger partial charge in [-0.25, -0.2) is 0 Å². The maximum Gasteiger partial charge on any atom is 0.226 e. The molecule has 0 bridgehead atoms. The molecular formula is C23H27N3O. The van der Waals surface area contributed by atoms with Crippen molar-refractivity contribution in [2.75, 3.05) is 10.6 Å². The number of carbonyl (C=O) groups is 1. The summed E-state index contributed by atoms with van der Waals surface area (Å²) in [6, 6.07) is 14.8. The van der Waals surface area contributed by atoms with Crippen molar-refractivity contribution in [3.05, 3.63) is 48.0 Å². The summed E-state index contributed by atoms with van der Waals surface area (Å²) in [5.41, 5.74) is 6.62. The van der Waals surface area contributed by atoms with Gasteiger partial charge in [-0.3, -0.25) is 4.79 Å². The number of carbonyl (C=O) groups excluding carboxylic acids is 1. The first-order valence-corrected chi connectivity index (χ1v) is 9.57. The molecule has 2 N–H and O–H groups in total. The van der Waals surface area contributed by atoms with Gasteiger partial charge in [0.25, 0.3) is 0 Å². The van der Waals surface area contributed by atoms with Crippen LogP contribution in [0.1, 0.15) is 39.7 Å². The summed E-state index contributed by atoms with van der Waals surface area (Å²) < 4.78 is 2.42. The number of hydrogen-bond donors (Lipinski definition) is 2. The van der Waals surface area contributed by atoms with E-state index in [-0.39, 0.29) is 17.5 Å². The smallest absolute Gasteiger partial charge is 0.226 e. The molecule has 2 heterocycles. The lowest BCUT2D eigenvalue weighted by Crippen LogP contribution is -2.23. The second-order valence-corrected chi connectivity index (χ2v) is 8.52. The summed E-state index contributed by atoms with van der Waals surface area (Å²) in [6.45, 7) is 11.0. The van der Waals surface area contributed by atoms with Crippen LogP contribution in [0.15, 0.2) is 42.5 Å². The summed E-state index contributed by atoms with van der Waals surface area (Å²) in [5, 5.41) is 7.91. The minimum atomic E-state index is -0.0779. The number of aromatic nitrogens is 1. The first kappa shape index (κ1) is 17.7. The first-order valence-electron chi connectivity index (χ1n) is 9.57. The van der Waals surface area contributed by atoms with Gasteiger partial charge in [-0.15, -0.1) is 0 Å². The zero-order valence-electron chi connectivity index (χ0n) is 16.7. The number of nitrogens with zero attached hydrogens (tertiary/aromatic N) is 1. The van der Waals surface area contributed by atoms with Gasteiger partial charge in [0, 0.05) is 34.5 Å². The first-order chi connectivity index (χ1) is 12.8. The van der Waals surface area contributed by atoms with Crippen LogP contribution in [0, 0.1) is 6.92 Å². The molecule has 1 atom stereocenters. The van der Waals surface area contributed by atoms with E-state index in [9.17, 15) is 4.79 Å². The van der Waals surface area contributed by atoms with Gasteiger partial charge in [0.1, 0.15) is 0 Å². The summed E-state index contributed by atoms with van der Waals surface area (Å²) in [5.74, 6) is 0.0546. The van der Waals surface area contributed by atoms with Crippen LogP contribution >= 0.6 is 0 Å². The van der Waals surface area contributed by atoms with Crippen molar-refractivity contribution in [3.63, 3.8) is 0 Å². The van der Waals surface area contributed by atoms with Crippen LogP contribution in [0.4, 0.5) is 11.4 Å². The average molecular weight is 361 g/mol. The fraction of sp³-hybridized carbons (Fsp3) is 0.348. The lowest BCUT2D eigenvalue weighted by Gasteiger charge is -2.28. The maximum atomic E-state index is 12.2. The number of fused-ring (bicyclic) bond motifs is 2. The number of amides is 1. The van der Waals surface area contributed by atoms with Crippen molar-refractivity contribution >= 4 is 28.2 Å². The Balaban J connectivity index is 2.06. The number of aryl methyl sites for hydroxylation is 1. The minimum Gasteiger partial charge on any atom is -0.380 e. The van der Waals surface area contributed by atoms with Gasteiger partial charge in [-0.1, -0.05) is 30.3 Å². The largest absolute Gasteiger partial charge is 0.380 e. The zero-order valence-corrected chi connectivity index (χ0v) is 16.7. The molecule has 4 nitrogen and oxygen atoms in total. The molecule has 0 aliphatic carbocycles. The number of anilines is 2. The third-order valence-electron chi connectivity index (χ3n) is 5.27. The topological polar surface area (TPSA) is 46.1 Å². The van der Waals surface area contributed by atoms with E-state index in [1.165, 1.54) is 22.2 Å². The van der Waals surface area contributed by atoms with Crippen LogP contribution in [-0.4, -0.2) is 16.5 Å². The van der Waals surface area contributed by atoms with Crippen LogP contribution in [0.25, 0.3) is 22.2 Å². The number of benzene rings is 2. The molecule has 1 aliphatic rings. The number of rotatable bonds is 1. The molecule has 4 rings (SSSR count). The molecule has 0 saturated carbocycles. The molecule has 1 aromatic heterocycles. The van der Waals surface area contributed by atoms with E-state index in [1.54, 1.807) is 0 Å². The second-order valence-electron chi connectivity index (χ2n) is 8.52. The molecule has 1 aliphatic heterocycles.